The van der Waals surface area contributed by atoms with Gasteiger partial charge in [-0.2, -0.15) is 0 Å². The minimum atomic E-state index is -0.365. The molecule has 2 atom stereocenters. The lowest BCUT2D eigenvalue weighted by atomic mass is 10.1. The molecule has 1 aromatic rings. The van der Waals surface area contributed by atoms with E-state index in [2.05, 4.69) is 0 Å². The Hall–Kier alpha value is -1.01. The molecule has 2 rings (SSSR count). The summed E-state index contributed by atoms with van der Waals surface area (Å²) in [6.45, 7) is 2.47. The van der Waals surface area contributed by atoms with Crippen LogP contribution in [0.4, 0.5) is 5.69 Å². The zero-order chi connectivity index (χ0) is 14.9. The van der Waals surface area contributed by atoms with Crippen LogP contribution in [-0.4, -0.2) is 47.8 Å². The van der Waals surface area contributed by atoms with Crippen LogP contribution in [0, 0.1) is 0 Å². The summed E-state index contributed by atoms with van der Waals surface area (Å²) >= 11 is 11.8. The third kappa shape index (κ3) is 3.01. The molecule has 1 saturated heterocycles. The molecule has 0 bridgehead atoms. The summed E-state index contributed by atoms with van der Waals surface area (Å²) < 4.78 is 5.41. The molecule has 5 nitrogen and oxygen atoms in total. The molecule has 1 fully saturated rings. The van der Waals surface area contributed by atoms with Crippen LogP contribution >= 0.6 is 23.2 Å². The fourth-order valence-corrected chi connectivity index (χ4v) is 2.45. The first-order chi connectivity index (χ1) is 9.43. The van der Waals surface area contributed by atoms with Crippen molar-refractivity contribution in [3.63, 3.8) is 0 Å². The van der Waals surface area contributed by atoms with Gasteiger partial charge in [0, 0.05) is 12.1 Å². The second-order valence-corrected chi connectivity index (χ2v) is 5.59. The Morgan fingerprint density at radius 3 is 2.85 bits per heavy atom. The number of ether oxygens (including phenoxy) is 1. The van der Waals surface area contributed by atoms with Gasteiger partial charge in [0.25, 0.3) is 5.91 Å². The number of rotatable bonds is 2. The van der Waals surface area contributed by atoms with E-state index in [-0.39, 0.29) is 40.4 Å². The number of aliphatic hydroxyl groups excluding tert-OH is 1. The maximum absolute atomic E-state index is 12.5. The monoisotopic (exact) mass is 318 g/mol. The number of nitrogens with zero attached hydrogens (tertiary/aromatic N) is 1. The number of amides is 1. The van der Waals surface area contributed by atoms with Crippen molar-refractivity contribution in [3.8, 4) is 0 Å². The number of morpholine rings is 1. The summed E-state index contributed by atoms with van der Waals surface area (Å²) in [7, 11) is 0. The third-order valence-electron chi connectivity index (χ3n) is 3.27. The summed E-state index contributed by atoms with van der Waals surface area (Å²) in [4.78, 5) is 14.2. The summed E-state index contributed by atoms with van der Waals surface area (Å²) in [5.41, 5.74) is 6.37. The Labute approximate surface area is 127 Å². The number of aliphatic hydroxyl groups is 1. The van der Waals surface area contributed by atoms with Crippen molar-refractivity contribution >= 4 is 34.8 Å². The van der Waals surface area contributed by atoms with Gasteiger partial charge in [-0.15, -0.1) is 0 Å². The van der Waals surface area contributed by atoms with Crippen molar-refractivity contribution in [2.45, 2.75) is 19.1 Å². The van der Waals surface area contributed by atoms with E-state index in [1.54, 1.807) is 4.90 Å². The topological polar surface area (TPSA) is 75.8 Å². The Morgan fingerprint density at radius 2 is 2.25 bits per heavy atom. The van der Waals surface area contributed by atoms with E-state index in [1.807, 2.05) is 6.92 Å². The van der Waals surface area contributed by atoms with Gasteiger partial charge in [-0.25, -0.2) is 0 Å². The van der Waals surface area contributed by atoms with E-state index < -0.39 is 0 Å². The molecule has 0 aromatic heterocycles. The van der Waals surface area contributed by atoms with Crippen molar-refractivity contribution in [1.82, 2.24) is 4.90 Å². The number of anilines is 1. The second-order valence-electron chi connectivity index (χ2n) is 4.81. The zero-order valence-electron chi connectivity index (χ0n) is 11.0. The van der Waals surface area contributed by atoms with E-state index in [1.165, 1.54) is 12.1 Å². The number of benzene rings is 1. The molecule has 20 heavy (non-hydrogen) atoms. The van der Waals surface area contributed by atoms with E-state index in [0.29, 0.717) is 18.7 Å². The molecule has 1 aliphatic heterocycles. The normalized spacial score (nSPS) is 22.9. The second kappa shape index (κ2) is 6.18. The molecule has 0 saturated carbocycles. The van der Waals surface area contributed by atoms with Crippen LogP contribution in [0.1, 0.15) is 17.3 Å². The summed E-state index contributed by atoms with van der Waals surface area (Å²) in [5, 5.41) is 9.64. The van der Waals surface area contributed by atoms with Crippen molar-refractivity contribution in [2.75, 3.05) is 25.5 Å². The fraction of sp³-hybridized carbons (Fsp3) is 0.462. The molecule has 7 heteroatoms. The fourth-order valence-electron chi connectivity index (χ4n) is 2.11. The lowest BCUT2D eigenvalue weighted by molar-refractivity contribution is -0.0667. The quantitative estimate of drug-likeness (QED) is 0.815. The van der Waals surface area contributed by atoms with Gasteiger partial charge >= 0.3 is 0 Å². The van der Waals surface area contributed by atoms with Crippen LogP contribution in [0.15, 0.2) is 12.1 Å². The Balaban J connectivity index is 2.26. The van der Waals surface area contributed by atoms with Gasteiger partial charge in [0.2, 0.25) is 0 Å². The molecule has 3 N–H and O–H groups in total. The van der Waals surface area contributed by atoms with Crippen LogP contribution < -0.4 is 5.73 Å². The average molecular weight is 319 g/mol. The van der Waals surface area contributed by atoms with Crippen LogP contribution in [-0.2, 0) is 4.74 Å². The molecule has 1 heterocycles. The first kappa shape index (κ1) is 15.4. The highest BCUT2D eigenvalue weighted by atomic mass is 35.5. The van der Waals surface area contributed by atoms with E-state index in [4.69, 9.17) is 38.8 Å². The number of carbonyl (C=O) groups is 1. The summed E-state index contributed by atoms with van der Waals surface area (Å²) in [6, 6.07) is 2.92. The maximum atomic E-state index is 12.5. The smallest absolute Gasteiger partial charge is 0.254 e. The van der Waals surface area contributed by atoms with Gasteiger partial charge < -0.3 is 20.5 Å². The molecule has 1 aliphatic rings. The predicted octanol–water partition coefficient (Wildman–Crippen LogP) is 1.80. The molecule has 110 valence electrons. The van der Waals surface area contributed by atoms with Crippen molar-refractivity contribution in [2.24, 2.45) is 0 Å². The molecule has 2 unspecified atom stereocenters. The van der Waals surface area contributed by atoms with Crippen LogP contribution in [0.3, 0.4) is 0 Å². The van der Waals surface area contributed by atoms with Crippen molar-refractivity contribution < 1.29 is 14.6 Å². The summed E-state index contributed by atoms with van der Waals surface area (Å²) in [6.07, 6.45) is -0.365. The minimum absolute atomic E-state index is 0.0824. The van der Waals surface area contributed by atoms with E-state index in [0.717, 1.165) is 0 Å². The number of nitrogen functional groups attached to an aromatic ring is 1. The molecule has 0 radical (unpaired) electrons. The van der Waals surface area contributed by atoms with Crippen molar-refractivity contribution in [1.29, 1.82) is 0 Å². The molecular weight excluding hydrogens is 303 g/mol. The maximum Gasteiger partial charge on any atom is 0.254 e. The minimum Gasteiger partial charge on any atom is -0.397 e. The standard InChI is InChI=1S/C13H16Cl2N2O3/c1-7-6-20-9(5-18)4-17(7)13(19)8-2-10(14)12(15)11(16)3-8/h2-3,7,9,18H,4-6,16H2,1H3. The summed E-state index contributed by atoms with van der Waals surface area (Å²) in [5.74, 6) is -0.204. The number of nitrogens with two attached hydrogens (primary N) is 1. The third-order valence-corrected chi connectivity index (χ3v) is 4.09. The van der Waals surface area contributed by atoms with Crippen LogP contribution in [0.25, 0.3) is 0 Å². The number of halogens is 2. The molecular formula is C13H16Cl2N2O3. The molecule has 1 aromatic carbocycles. The molecule has 1 amide bonds. The number of hydrogen-bond donors (Lipinski definition) is 2. The van der Waals surface area contributed by atoms with Crippen molar-refractivity contribution in [3.05, 3.63) is 27.7 Å². The van der Waals surface area contributed by atoms with Gasteiger partial charge in [-0.05, 0) is 19.1 Å². The Morgan fingerprint density at radius 1 is 1.55 bits per heavy atom. The van der Waals surface area contributed by atoms with Gasteiger partial charge in [-0.1, -0.05) is 23.2 Å². The van der Waals surface area contributed by atoms with Gasteiger partial charge in [0.1, 0.15) is 0 Å². The lowest BCUT2D eigenvalue weighted by Crippen LogP contribution is -2.52. The van der Waals surface area contributed by atoms with E-state index >= 15 is 0 Å². The van der Waals surface area contributed by atoms with Crippen LogP contribution in [0.5, 0.6) is 0 Å². The first-order valence-electron chi connectivity index (χ1n) is 6.22. The first-order valence-corrected chi connectivity index (χ1v) is 6.97. The highest BCUT2D eigenvalue weighted by Crippen LogP contribution is 2.30. The largest absolute Gasteiger partial charge is 0.397 e. The highest BCUT2D eigenvalue weighted by Gasteiger charge is 2.30. The Kier molecular flexibility index (Phi) is 4.75. The lowest BCUT2D eigenvalue weighted by Gasteiger charge is -2.37. The van der Waals surface area contributed by atoms with Gasteiger partial charge in [-0.3, -0.25) is 4.79 Å². The number of carbonyl (C=O) groups excluding carboxylic acids is 1. The average Bonchev–Trinajstić information content (AvgIpc) is 2.44. The van der Waals surface area contributed by atoms with E-state index in [9.17, 15) is 4.79 Å². The molecule has 0 aliphatic carbocycles. The van der Waals surface area contributed by atoms with Crippen LogP contribution in [0.2, 0.25) is 10.0 Å². The number of hydrogen-bond acceptors (Lipinski definition) is 4. The SMILES string of the molecule is CC1COC(CO)CN1C(=O)c1cc(N)c(Cl)c(Cl)c1. The van der Waals surface area contributed by atoms with Gasteiger partial charge in [0.05, 0.1) is 41.1 Å². The molecule has 0 spiro atoms. The Bertz CT molecular complexity index is 501. The zero-order valence-corrected chi connectivity index (χ0v) is 12.5. The highest BCUT2D eigenvalue weighted by molar-refractivity contribution is 6.43. The van der Waals surface area contributed by atoms with Gasteiger partial charge in [0.15, 0.2) is 0 Å². The predicted molar refractivity (Wildman–Crippen MR) is 78.2 cm³/mol.